The molecule has 0 radical (unpaired) electrons. The summed E-state index contributed by atoms with van der Waals surface area (Å²) in [5.74, 6) is -3.07. The van der Waals surface area contributed by atoms with Gasteiger partial charge in [-0.15, -0.1) is 0 Å². The number of carbonyl (C=O) groups excluding carboxylic acids is 4. The lowest BCUT2D eigenvalue weighted by Crippen LogP contribution is -2.51. The van der Waals surface area contributed by atoms with Gasteiger partial charge < -0.3 is 9.47 Å². The van der Waals surface area contributed by atoms with Crippen LogP contribution in [0.5, 0.6) is 11.5 Å². The van der Waals surface area contributed by atoms with Crippen LogP contribution in [-0.4, -0.2) is 36.8 Å². The molecule has 2 bridgehead atoms. The molecule has 6 aliphatic rings. The lowest BCUT2D eigenvalue weighted by Gasteiger charge is -2.51. The van der Waals surface area contributed by atoms with Crippen LogP contribution in [0.15, 0.2) is 96.6 Å². The number of hydrogen-bond donors (Lipinski definition) is 0. The van der Waals surface area contributed by atoms with Crippen LogP contribution in [0, 0.1) is 41.4 Å². The third-order valence-electron chi connectivity index (χ3n) is 10.4. The Labute approximate surface area is 267 Å². The maximum Gasteiger partial charge on any atom is 0.238 e. The summed E-state index contributed by atoms with van der Waals surface area (Å²) >= 11 is 0. The van der Waals surface area contributed by atoms with E-state index in [2.05, 4.69) is 6.08 Å². The molecule has 2 heterocycles. The van der Waals surface area contributed by atoms with Crippen LogP contribution in [-0.2, 0) is 19.2 Å². The maximum absolute atomic E-state index is 14.4. The molecule has 0 N–H and O–H groups in total. The molecule has 46 heavy (non-hydrogen) atoms. The van der Waals surface area contributed by atoms with Gasteiger partial charge in [0.1, 0.15) is 11.5 Å². The van der Waals surface area contributed by atoms with E-state index in [1.54, 1.807) is 48.5 Å². The number of rotatable bonds is 7. The van der Waals surface area contributed by atoms with Gasteiger partial charge in [0.2, 0.25) is 23.6 Å². The number of hydrogen-bond acceptors (Lipinski definition) is 6. The number of ether oxygens (including phenoxy) is 2. The van der Waals surface area contributed by atoms with E-state index < -0.39 is 29.6 Å². The van der Waals surface area contributed by atoms with Gasteiger partial charge in [-0.25, -0.2) is 0 Å². The summed E-state index contributed by atoms with van der Waals surface area (Å²) in [7, 11) is 0. The van der Waals surface area contributed by atoms with Crippen LogP contribution in [0.3, 0.4) is 0 Å². The highest BCUT2D eigenvalue weighted by Crippen LogP contribution is 2.63. The number of anilines is 2. The van der Waals surface area contributed by atoms with Crippen LogP contribution in [0.1, 0.15) is 25.8 Å². The fraction of sp³-hybridized carbons (Fsp3) is 0.316. The van der Waals surface area contributed by atoms with Crippen molar-refractivity contribution in [1.82, 2.24) is 0 Å². The molecule has 9 rings (SSSR count). The SMILES string of the molecule is CCOc1ccc(N2C(=O)[C@@H]3[C@H]4C=C[C@@H](C5=C(c6ccccc6)C[C@@H]6C(=O)N(c7ccc(OCC)cc7)C(=O)[C@H]6[C@H]54)[C@H]3C2=O)cc1. The van der Waals surface area contributed by atoms with E-state index in [-0.39, 0.29) is 35.5 Å². The largest absolute Gasteiger partial charge is 0.494 e. The van der Waals surface area contributed by atoms with Gasteiger partial charge in [-0.2, -0.15) is 0 Å². The summed E-state index contributed by atoms with van der Waals surface area (Å²) in [5.41, 5.74) is 4.06. The second kappa shape index (κ2) is 10.8. The molecule has 0 spiro atoms. The molecule has 4 amide bonds. The number of carbonyl (C=O) groups is 4. The highest BCUT2D eigenvalue weighted by molar-refractivity contribution is 6.24. The Morgan fingerprint density at radius 2 is 1.15 bits per heavy atom. The van der Waals surface area contributed by atoms with Crippen molar-refractivity contribution in [2.45, 2.75) is 20.3 Å². The van der Waals surface area contributed by atoms with Crippen molar-refractivity contribution in [2.75, 3.05) is 23.0 Å². The van der Waals surface area contributed by atoms with Crippen molar-refractivity contribution < 1.29 is 28.7 Å². The molecule has 4 aliphatic carbocycles. The van der Waals surface area contributed by atoms with Gasteiger partial charge in [-0.3, -0.25) is 29.0 Å². The molecule has 8 heteroatoms. The second-order valence-electron chi connectivity index (χ2n) is 12.6. The Bertz CT molecular complexity index is 1810. The summed E-state index contributed by atoms with van der Waals surface area (Å²) in [6, 6.07) is 24.0. The van der Waals surface area contributed by atoms with Crippen molar-refractivity contribution in [2.24, 2.45) is 41.4 Å². The molecule has 2 saturated heterocycles. The quantitative estimate of drug-likeness (QED) is 0.251. The maximum atomic E-state index is 14.4. The molecule has 3 aromatic carbocycles. The van der Waals surface area contributed by atoms with Gasteiger partial charge in [-0.05, 0) is 85.9 Å². The molecule has 0 unspecified atom stereocenters. The molecule has 1 saturated carbocycles. The van der Waals surface area contributed by atoms with Crippen molar-refractivity contribution in [3.8, 4) is 11.5 Å². The van der Waals surface area contributed by atoms with Crippen molar-refractivity contribution in [3.05, 3.63) is 102 Å². The lowest BCUT2D eigenvalue weighted by molar-refractivity contribution is -0.129. The summed E-state index contributed by atoms with van der Waals surface area (Å²) in [5, 5.41) is 0. The highest BCUT2D eigenvalue weighted by Gasteiger charge is 2.67. The third kappa shape index (κ3) is 4.05. The Kier molecular flexibility index (Phi) is 6.71. The molecule has 232 valence electrons. The van der Waals surface area contributed by atoms with E-state index in [9.17, 15) is 19.2 Å². The number of fused-ring (bicyclic) bond motifs is 1. The van der Waals surface area contributed by atoms with Gasteiger partial charge in [0.05, 0.1) is 48.3 Å². The molecule has 8 nitrogen and oxygen atoms in total. The topological polar surface area (TPSA) is 93.2 Å². The predicted molar refractivity (Wildman–Crippen MR) is 172 cm³/mol. The average molecular weight is 615 g/mol. The van der Waals surface area contributed by atoms with Crippen molar-refractivity contribution in [3.63, 3.8) is 0 Å². The zero-order valence-electron chi connectivity index (χ0n) is 25.7. The smallest absolute Gasteiger partial charge is 0.238 e. The highest BCUT2D eigenvalue weighted by atomic mass is 16.5. The van der Waals surface area contributed by atoms with Crippen LogP contribution in [0.25, 0.3) is 5.57 Å². The van der Waals surface area contributed by atoms with E-state index in [4.69, 9.17) is 9.47 Å². The minimum Gasteiger partial charge on any atom is -0.494 e. The predicted octanol–water partition coefficient (Wildman–Crippen LogP) is 5.68. The minimum absolute atomic E-state index is 0.219. The standard InChI is InChI=1S/C38H34N2O6/c1-3-45-24-14-10-22(11-15-24)39-35(41)29-20-28(21-8-6-5-7-9-21)30-26-18-19-27(31(30)34(29)38(39)44)33-32(26)36(42)40(37(33)43)23-12-16-25(17-13-23)46-4-2/h5-19,26-27,29,31-34H,3-4,20H2,1-2H3/t26-,27-,29-,31-,32+,33+,34+/m0/s1. The van der Waals surface area contributed by atoms with Gasteiger partial charge in [0.25, 0.3) is 0 Å². The summed E-state index contributed by atoms with van der Waals surface area (Å²) in [6.45, 7) is 4.83. The van der Waals surface area contributed by atoms with Gasteiger partial charge >= 0.3 is 0 Å². The van der Waals surface area contributed by atoms with Crippen LogP contribution in [0.4, 0.5) is 11.4 Å². The Balaban J connectivity index is 1.22. The number of nitrogens with zero attached hydrogens (tertiary/aromatic N) is 2. The normalized spacial score (nSPS) is 29.3. The number of allylic oxidation sites excluding steroid dienone is 4. The minimum atomic E-state index is -0.623. The average Bonchev–Trinajstić information content (AvgIpc) is 3.51. The van der Waals surface area contributed by atoms with Gasteiger partial charge in [0, 0.05) is 11.8 Å². The van der Waals surface area contributed by atoms with E-state index in [1.165, 1.54) is 9.80 Å². The first-order chi connectivity index (χ1) is 22.4. The summed E-state index contributed by atoms with van der Waals surface area (Å²) < 4.78 is 11.2. The van der Waals surface area contributed by atoms with Crippen molar-refractivity contribution >= 4 is 40.6 Å². The van der Waals surface area contributed by atoms with E-state index in [1.807, 2.05) is 50.3 Å². The van der Waals surface area contributed by atoms with Crippen LogP contribution < -0.4 is 19.3 Å². The van der Waals surface area contributed by atoms with Crippen molar-refractivity contribution in [1.29, 1.82) is 0 Å². The fourth-order valence-electron chi connectivity index (χ4n) is 8.74. The Hall–Kier alpha value is -4.98. The second-order valence-corrected chi connectivity index (χ2v) is 12.6. The van der Waals surface area contributed by atoms with E-state index in [0.717, 1.165) is 16.7 Å². The Morgan fingerprint density at radius 3 is 1.74 bits per heavy atom. The molecule has 3 fully saturated rings. The molecule has 3 aromatic rings. The molecule has 0 aromatic heterocycles. The number of benzene rings is 3. The summed E-state index contributed by atoms with van der Waals surface area (Å²) in [6.07, 6.45) is 4.51. The first-order valence-corrected chi connectivity index (χ1v) is 16.1. The monoisotopic (exact) mass is 614 g/mol. The third-order valence-corrected chi connectivity index (χ3v) is 10.4. The number of imide groups is 2. The van der Waals surface area contributed by atoms with E-state index >= 15 is 0 Å². The first kappa shape index (κ1) is 28.5. The molecular formula is C38H34N2O6. The molecule has 7 atom stereocenters. The molecule has 2 aliphatic heterocycles. The Morgan fingerprint density at radius 1 is 0.609 bits per heavy atom. The molecular weight excluding hydrogens is 580 g/mol. The van der Waals surface area contributed by atoms with Gasteiger partial charge in [-0.1, -0.05) is 48.1 Å². The zero-order valence-corrected chi connectivity index (χ0v) is 25.7. The van der Waals surface area contributed by atoms with Crippen LogP contribution >= 0.6 is 0 Å². The summed E-state index contributed by atoms with van der Waals surface area (Å²) in [4.78, 5) is 59.7. The van der Waals surface area contributed by atoms with Gasteiger partial charge in [0.15, 0.2) is 0 Å². The number of amides is 4. The van der Waals surface area contributed by atoms with E-state index in [0.29, 0.717) is 42.5 Å². The van der Waals surface area contributed by atoms with Crippen LogP contribution in [0.2, 0.25) is 0 Å². The zero-order chi connectivity index (χ0) is 31.7. The lowest BCUT2D eigenvalue weighted by atomic mass is 9.49. The fourth-order valence-corrected chi connectivity index (χ4v) is 8.74. The first-order valence-electron chi connectivity index (χ1n) is 16.1.